The second kappa shape index (κ2) is 5.24. The monoisotopic (exact) mass is 251 g/mol. The normalized spacial score (nSPS) is 11.0. The van der Waals surface area contributed by atoms with Gasteiger partial charge in [-0.25, -0.2) is 0 Å². The number of nitrogens with zero attached hydrogens (tertiary/aromatic N) is 2. The Morgan fingerprint density at radius 2 is 1.79 bits per heavy atom. The highest BCUT2D eigenvalue weighted by Crippen LogP contribution is 2.15. The zero-order valence-corrected chi connectivity index (χ0v) is 11.0. The van der Waals surface area contributed by atoms with Crippen LogP contribution in [0, 0.1) is 0 Å². The zero-order valence-electron chi connectivity index (χ0n) is 11.0. The fraction of sp³-hybridized carbons (Fsp3) is 0.188. The summed E-state index contributed by atoms with van der Waals surface area (Å²) in [6, 6.07) is 15.0. The Kier molecular flexibility index (Phi) is 3.29. The van der Waals surface area contributed by atoms with Crippen LogP contribution in [-0.2, 0) is 20.1 Å². The van der Waals surface area contributed by atoms with Gasteiger partial charge in [-0.05, 0) is 22.4 Å². The topological polar surface area (TPSA) is 29.9 Å². The molecule has 0 radical (unpaired) electrons. The summed E-state index contributed by atoms with van der Waals surface area (Å²) in [5.41, 5.74) is 2.52. The molecule has 3 nitrogen and oxygen atoms in total. The molecule has 19 heavy (non-hydrogen) atoms. The summed E-state index contributed by atoms with van der Waals surface area (Å²) in [6.45, 7) is 1.72. The summed E-state index contributed by atoms with van der Waals surface area (Å²) in [5, 5.41) is 10.2. The van der Waals surface area contributed by atoms with E-state index < -0.39 is 0 Å². The van der Waals surface area contributed by atoms with E-state index in [9.17, 15) is 0 Å². The average Bonchev–Trinajstić information content (AvgIpc) is 2.84. The molecule has 0 fully saturated rings. The van der Waals surface area contributed by atoms with Crippen molar-refractivity contribution >= 4 is 10.8 Å². The number of rotatable bonds is 4. The Morgan fingerprint density at radius 1 is 1.00 bits per heavy atom. The molecule has 1 N–H and O–H groups in total. The van der Waals surface area contributed by atoms with Gasteiger partial charge >= 0.3 is 0 Å². The van der Waals surface area contributed by atoms with Crippen molar-refractivity contribution in [1.29, 1.82) is 0 Å². The lowest BCUT2D eigenvalue weighted by Gasteiger charge is -2.05. The van der Waals surface area contributed by atoms with Crippen LogP contribution in [0.1, 0.15) is 11.1 Å². The van der Waals surface area contributed by atoms with Crippen molar-refractivity contribution < 1.29 is 0 Å². The molecule has 0 aliphatic carbocycles. The largest absolute Gasteiger partial charge is 0.309 e. The molecule has 0 aliphatic heterocycles. The highest BCUT2D eigenvalue weighted by Gasteiger charge is 1.98. The first kappa shape index (κ1) is 11.9. The van der Waals surface area contributed by atoms with Crippen LogP contribution >= 0.6 is 0 Å². The van der Waals surface area contributed by atoms with Crippen molar-refractivity contribution in [1.82, 2.24) is 15.1 Å². The Labute approximate surface area is 112 Å². The first-order valence-electron chi connectivity index (χ1n) is 6.47. The predicted molar refractivity (Wildman–Crippen MR) is 77.7 cm³/mol. The Bertz CT molecular complexity index is 685. The predicted octanol–water partition coefficient (Wildman–Crippen LogP) is 2.86. The van der Waals surface area contributed by atoms with Crippen molar-refractivity contribution in [2.24, 2.45) is 7.05 Å². The Hall–Kier alpha value is -2.13. The molecule has 0 unspecified atom stereocenters. The standard InChI is InChI=1S/C16H17N3/c1-19-12-14(11-18-19)10-17-9-13-6-7-15-4-2-3-5-16(15)8-13/h2-8,11-12,17H,9-10H2,1H3. The number of aromatic nitrogens is 2. The summed E-state index contributed by atoms with van der Waals surface area (Å²) >= 11 is 0. The van der Waals surface area contributed by atoms with E-state index in [0.29, 0.717) is 0 Å². The summed E-state index contributed by atoms with van der Waals surface area (Å²) in [7, 11) is 1.94. The summed E-state index contributed by atoms with van der Waals surface area (Å²) in [5.74, 6) is 0. The van der Waals surface area contributed by atoms with Crippen LogP contribution < -0.4 is 5.32 Å². The third kappa shape index (κ3) is 2.83. The third-order valence-corrected chi connectivity index (χ3v) is 3.23. The van der Waals surface area contributed by atoms with Crippen LogP contribution in [0.5, 0.6) is 0 Å². The molecule has 0 saturated heterocycles. The summed E-state index contributed by atoms with van der Waals surface area (Å²) < 4.78 is 1.83. The lowest BCUT2D eigenvalue weighted by Crippen LogP contribution is -2.12. The van der Waals surface area contributed by atoms with Gasteiger partial charge in [-0.15, -0.1) is 0 Å². The van der Waals surface area contributed by atoms with E-state index in [2.05, 4.69) is 52.9 Å². The lowest BCUT2D eigenvalue weighted by molar-refractivity contribution is 0.692. The molecule has 1 heterocycles. The Morgan fingerprint density at radius 3 is 2.58 bits per heavy atom. The number of aryl methyl sites for hydroxylation is 1. The van der Waals surface area contributed by atoms with E-state index in [-0.39, 0.29) is 0 Å². The maximum absolute atomic E-state index is 4.16. The lowest BCUT2D eigenvalue weighted by atomic mass is 10.1. The smallest absolute Gasteiger partial charge is 0.0534 e. The number of fused-ring (bicyclic) bond motifs is 1. The van der Waals surface area contributed by atoms with E-state index in [1.165, 1.54) is 21.9 Å². The number of nitrogens with one attached hydrogen (secondary N) is 1. The van der Waals surface area contributed by atoms with Crippen molar-refractivity contribution in [2.45, 2.75) is 13.1 Å². The van der Waals surface area contributed by atoms with Crippen LogP contribution in [0.4, 0.5) is 0 Å². The maximum Gasteiger partial charge on any atom is 0.0534 e. The molecule has 2 aromatic carbocycles. The molecule has 0 amide bonds. The molecular formula is C16H17N3. The number of hydrogen-bond acceptors (Lipinski definition) is 2. The average molecular weight is 251 g/mol. The SMILES string of the molecule is Cn1cc(CNCc2ccc3ccccc3c2)cn1. The van der Waals surface area contributed by atoms with Gasteiger partial charge < -0.3 is 5.32 Å². The van der Waals surface area contributed by atoms with Gasteiger partial charge in [0.05, 0.1) is 6.20 Å². The molecule has 0 atom stereocenters. The molecule has 3 aromatic rings. The maximum atomic E-state index is 4.16. The fourth-order valence-corrected chi connectivity index (χ4v) is 2.26. The van der Waals surface area contributed by atoms with Crippen molar-refractivity contribution in [3.8, 4) is 0 Å². The van der Waals surface area contributed by atoms with E-state index in [4.69, 9.17) is 0 Å². The van der Waals surface area contributed by atoms with Crippen molar-refractivity contribution in [3.63, 3.8) is 0 Å². The molecule has 0 spiro atoms. The molecule has 0 saturated carbocycles. The fourth-order valence-electron chi connectivity index (χ4n) is 2.26. The van der Waals surface area contributed by atoms with Gasteiger partial charge in [0.1, 0.15) is 0 Å². The van der Waals surface area contributed by atoms with E-state index in [0.717, 1.165) is 13.1 Å². The third-order valence-electron chi connectivity index (χ3n) is 3.23. The van der Waals surface area contributed by atoms with E-state index in [1.54, 1.807) is 0 Å². The van der Waals surface area contributed by atoms with E-state index in [1.807, 2.05) is 24.1 Å². The minimum atomic E-state index is 0.848. The molecule has 0 aliphatic rings. The molecule has 3 rings (SSSR count). The summed E-state index contributed by atoms with van der Waals surface area (Å²) in [6.07, 6.45) is 3.93. The molecule has 96 valence electrons. The minimum Gasteiger partial charge on any atom is -0.309 e. The summed E-state index contributed by atoms with van der Waals surface area (Å²) in [4.78, 5) is 0. The quantitative estimate of drug-likeness (QED) is 0.772. The van der Waals surface area contributed by atoms with Gasteiger partial charge in [-0.1, -0.05) is 36.4 Å². The molecule has 3 heteroatoms. The van der Waals surface area contributed by atoms with E-state index >= 15 is 0 Å². The van der Waals surface area contributed by atoms with Gasteiger partial charge in [-0.2, -0.15) is 5.10 Å². The highest BCUT2D eigenvalue weighted by atomic mass is 15.2. The van der Waals surface area contributed by atoms with Crippen molar-refractivity contribution in [2.75, 3.05) is 0 Å². The number of benzene rings is 2. The molecule has 1 aromatic heterocycles. The molecular weight excluding hydrogens is 234 g/mol. The van der Waals surface area contributed by atoms with Gasteiger partial charge in [0.15, 0.2) is 0 Å². The van der Waals surface area contributed by atoms with Gasteiger partial charge in [-0.3, -0.25) is 4.68 Å². The van der Waals surface area contributed by atoms with Crippen LogP contribution in [0.3, 0.4) is 0 Å². The first-order valence-corrected chi connectivity index (χ1v) is 6.47. The first-order chi connectivity index (χ1) is 9.31. The van der Waals surface area contributed by atoms with Gasteiger partial charge in [0.25, 0.3) is 0 Å². The van der Waals surface area contributed by atoms with Crippen LogP contribution in [0.2, 0.25) is 0 Å². The zero-order chi connectivity index (χ0) is 13.1. The number of hydrogen-bond donors (Lipinski definition) is 1. The van der Waals surface area contributed by atoms with Crippen LogP contribution in [-0.4, -0.2) is 9.78 Å². The van der Waals surface area contributed by atoms with Gasteiger partial charge in [0.2, 0.25) is 0 Å². The molecule has 0 bridgehead atoms. The second-order valence-electron chi connectivity index (χ2n) is 4.81. The van der Waals surface area contributed by atoms with Gasteiger partial charge in [0, 0.05) is 31.9 Å². The highest BCUT2D eigenvalue weighted by molar-refractivity contribution is 5.82. The second-order valence-corrected chi connectivity index (χ2v) is 4.81. The van der Waals surface area contributed by atoms with Crippen LogP contribution in [0.15, 0.2) is 54.9 Å². The minimum absolute atomic E-state index is 0.848. The Balaban J connectivity index is 1.65. The van der Waals surface area contributed by atoms with Crippen LogP contribution in [0.25, 0.3) is 10.8 Å². The van der Waals surface area contributed by atoms with Crippen molar-refractivity contribution in [3.05, 3.63) is 66.0 Å².